The second-order valence-electron chi connectivity index (χ2n) is 6.23. The molecule has 1 aliphatic rings. The molecule has 2 aromatic carbocycles. The van der Waals surface area contributed by atoms with Crippen molar-refractivity contribution in [1.29, 1.82) is 0 Å². The van der Waals surface area contributed by atoms with Crippen molar-refractivity contribution in [2.45, 2.75) is 32.4 Å². The molecule has 3 rings (SSSR count). The summed E-state index contributed by atoms with van der Waals surface area (Å²) in [6.45, 7) is 5.81. The molecule has 0 aromatic heterocycles. The van der Waals surface area contributed by atoms with E-state index in [-0.39, 0.29) is 0 Å². The van der Waals surface area contributed by atoms with Gasteiger partial charge in [0, 0.05) is 19.1 Å². The number of rotatable bonds is 4. The Labute approximate surface area is 128 Å². The zero-order valence-electron chi connectivity index (χ0n) is 13.2. The van der Waals surface area contributed by atoms with Crippen LogP contribution in [-0.2, 0) is 6.54 Å². The van der Waals surface area contributed by atoms with E-state index in [0.29, 0.717) is 6.04 Å². The molecule has 0 amide bonds. The van der Waals surface area contributed by atoms with Crippen molar-refractivity contribution in [3.05, 3.63) is 48.0 Å². The summed E-state index contributed by atoms with van der Waals surface area (Å²) in [4.78, 5) is 2.63. The standard InChI is InChI=1S/C19H26N2/c1-3-15-13-21(12-11-19(15)20-2)14-17-9-6-8-16-7-4-5-10-18(16)17/h4-10,15,19-20H,3,11-14H2,1-2H3. The van der Waals surface area contributed by atoms with Crippen LogP contribution in [-0.4, -0.2) is 31.1 Å². The fraction of sp³-hybridized carbons (Fsp3) is 0.474. The van der Waals surface area contributed by atoms with E-state index in [0.717, 1.165) is 12.5 Å². The first-order valence-electron chi connectivity index (χ1n) is 8.18. The van der Waals surface area contributed by atoms with Gasteiger partial charge in [0.1, 0.15) is 0 Å². The summed E-state index contributed by atoms with van der Waals surface area (Å²) < 4.78 is 0. The van der Waals surface area contributed by atoms with Gasteiger partial charge in [0.15, 0.2) is 0 Å². The fourth-order valence-electron chi connectivity index (χ4n) is 3.72. The molecule has 0 bridgehead atoms. The van der Waals surface area contributed by atoms with Crippen LogP contribution >= 0.6 is 0 Å². The average molecular weight is 282 g/mol. The molecule has 2 aromatic rings. The SMILES string of the molecule is CCC1CN(Cc2cccc3ccccc23)CCC1NC. The summed E-state index contributed by atoms with van der Waals surface area (Å²) in [7, 11) is 2.10. The van der Waals surface area contributed by atoms with E-state index < -0.39 is 0 Å². The predicted octanol–water partition coefficient (Wildman–Crippen LogP) is 3.66. The Morgan fingerprint density at radius 3 is 2.76 bits per heavy atom. The van der Waals surface area contributed by atoms with Crippen LogP contribution in [0.2, 0.25) is 0 Å². The maximum atomic E-state index is 3.49. The highest BCUT2D eigenvalue weighted by molar-refractivity contribution is 5.85. The molecule has 1 aliphatic heterocycles. The minimum atomic E-state index is 0.693. The summed E-state index contributed by atoms with van der Waals surface area (Å²) in [5, 5.41) is 6.25. The average Bonchev–Trinajstić information content (AvgIpc) is 2.55. The third-order valence-electron chi connectivity index (χ3n) is 4.99. The number of hydrogen-bond acceptors (Lipinski definition) is 2. The number of nitrogens with zero attached hydrogens (tertiary/aromatic N) is 1. The molecule has 112 valence electrons. The van der Waals surface area contributed by atoms with Gasteiger partial charge in [-0.1, -0.05) is 55.8 Å². The van der Waals surface area contributed by atoms with Gasteiger partial charge < -0.3 is 5.32 Å². The van der Waals surface area contributed by atoms with E-state index in [1.165, 1.54) is 42.3 Å². The van der Waals surface area contributed by atoms with Crippen LogP contribution in [0.3, 0.4) is 0 Å². The fourth-order valence-corrected chi connectivity index (χ4v) is 3.72. The van der Waals surface area contributed by atoms with Gasteiger partial charge in [-0.3, -0.25) is 4.90 Å². The lowest BCUT2D eigenvalue weighted by molar-refractivity contribution is 0.133. The maximum Gasteiger partial charge on any atom is 0.0240 e. The van der Waals surface area contributed by atoms with Crippen LogP contribution in [0.15, 0.2) is 42.5 Å². The van der Waals surface area contributed by atoms with Crippen LogP contribution in [0.1, 0.15) is 25.3 Å². The van der Waals surface area contributed by atoms with Crippen molar-refractivity contribution in [1.82, 2.24) is 10.2 Å². The highest BCUT2D eigenvalue weighted by Gasteiger charge is 2.26. The van der Waals surface area contributed by atoms with Gasteiger partial charge in [0.25, 0.3) is 0 Å². The van der Waals surface area contributed by atoms with Gasteiger partial charge >= 0.3 is 0 Å². The van der Waals surface area contributed by atoms with Gasteiger partial charge in [-0.05, 0) is 42.3 Å². The van der Waals surface area contributed by atoms with E-state index in [2.05, 4.69) is 66.7 Å². The minimum absolute atomic E-state index is 0.693. The van der Waals surface area contributed by atoms with Crippen LogP contribution in [0, 0.1) is 5.92 Å². The molecule has 0 aliphatic carbocycles. The monoisotopic (exact) mass is 282 g/mol. The first-order valence-corrected chi connectivity index (χ1v) is 8.18. The van der Waals surface area contributed by atoms with Crippen molar-refractivity contribution in [3.63, 3.8) is 0 Å². The zero-order valence-corrected chi connectivity index (χ0v) is 13.2. The largest absolute Gasteiger partial charge is 0.317 e. The number of benzene rings is 2. The number of piperidine rings is 1. The van der Waals surface area contributed by atoms with E-state index in [1.807, 2.05) is 0 Å². The molecule has 1 fully saturated rings. The third-order valence-corrected chi connectivity index (χ3v) is 4.99. The highest BCUT2D eigenvalue weighted by atomic mass is 15.1. The smallest absolute Gasteiger partial charge is 0.0240 e. The normalized spacial score (nSPS) is 23.5. The maximum absolute atomic E-state index is 3.49. The molecule has 1 N–H and O–H groups in total. The topological polar surface area (TPSA) is 15.3 Å². The van der Waals surface area contributed by atoms with Crippen molar-refractivity contribution in [3.8, 4) is 0 Å². The second-order valence-corrected chi connectivity index (χ2v) is 6.23. The van der Waals surface area contributed by atoms with Crippen LogP contribution in [0.5, 0.6) is 0 Å². The van der Waals surface area contributed by atoms with Gasteiger partial charge in [0.05, 0.1) is 0 Å². The van der Waals surface area contributed by atoms with Crippen LogP contribution in [0.4, 0.5) is 0 Å². The summed E-state index contributed by atoms with van der Waals surface area (Å²) >= 11 is 0. The van der Waals surface area contributed by atoms with Crippen molar-refractivity contribution < 1.29 is 0 Å². The Morgan fingerprint density at radius 2 is 1.95 bits per heavy atom. The molecule has 2 unspecified atom stereocenters. The predicted molar refractivity (Wildman–Crippen MR) is 90.5 cm³/mol. The van der Waals surface area contributed by atoms with Crippen molar-refractivity contribution in [2.75, 3.05) is 20.1 Å². The summed E-state index contributed by atoms with van der Waals surface area (Å²) in [6.07, 6.45) is 2.53. The summed E-state index contributed by atoms with van der Waals surface area (Å²) in [5.41, 5.74) is 1.46. The lowest BCUT2D eigenvalue weighted by Gasteiger charge is -2.38. The van der Waals surface area contributed by atoms with Crippen molar-refractivity contribution in [2.24, 2.45) is 5.92 Å². The summed E-state index contributed by atoms with van der Waals surface area (Å²) in [5.74, 6) is 0.777. The first-order chi connectivity index (χ1) is 10.3. The van der Waals surface area contributed by atoms with Crippen molar-refractivity contribution >= 4 is 10.8 Å². The number of likely N-dealkylation sites (tertiary alicyclic amines) is 1. The minimum Gasteiger partial charge on any atom is -0.317 e. The molecule has 1 heterocycles. The molecular formula is C19H26N2. The first kappa shape index (κ1) is 14.6. The van der Waals surface area contributed by atoms with Crippen LogP contribution < -0.4 is 5.32 Å². The molecule has 2 nitrogen and oxygen atoms in total. The number of nitrogens with one attached hydrogen (secondary N) is 1. The van der Waals surface area contributed by atoms with Gasteiger partial charge in [-0.15, -0.1) is 0 Å². The molecule has 0 spiro atoms. The Hall–Kier alpha value is -1.38. The second kappa shape index (κ2) is 6.59. The molecular weight excluding hydrogens is 256 g/mol. The lowest BCUT2D eigenvalue weighted by Crippen LogP contribution is -2.47. The van der Waals surface area contributed by atoms with E-state index in [9.17, 15) is 0 Å². The highest BCUT2D eigenvalue weighted by Crippen LogP contribution is 2.24. The molecule has 2 heteroatoms. The quantitative estimate of drug-likeness (QED) is 0.920. The van der Waals surface area contributed by atoms with Crippen LogP contribution in [0.25, 0.3) is 10.8 Å². The Balaban J connectivity index is 1.77. The van der Waals surface area contributed by atoms with Gasteiger partial charge in [-0.2, -0.15) is 0 Å². The van der Waals surface area contributed by atoms with Gasteiger partial charge in [-0.25, -0.2) is 0 Å². The van der Waals surface area contributed by atoms with E-state index in [1.54, 1.807) is 0 Å². The lowest BCUT2D eigenvalue weighted by atomic mass is 9.89. The van der Waals surface area contributed by atoms with E-state index in [4.69, 9.17) is 0 Å². The van der Waals surface area contributed by atoms with Gasteiger partial charge in [0.2, 0.25) is 0 Å². The zero-order chi connectivity index (χ0) is 14.7. The molecule has 0 saturated carbocycles. The molecule has 2 atom stereocenters. The number of hydrogen-bond donors (Lipinski definition) is 1. The number of fused-ring (bicyclic) bond motifs is 1. The third kappa shape index (κ3) is 3.12. The summed E-state index contributed by atoms with van der Waals surface area (Å²) in [6, 6.07) is 16.1. The molecule has 1 saturated heterocycles. The molecule has 0 radical (unpaired) electrons. The molecule has 21 heavy (non-hydrogen) atoms. The van der Waals surface area contributed by atoms with E-state index >= 15 is 0 Å². The Morgan fingerprint density at radius 1 is 1.14 bits per heavy atom. The Kier molecular flexibility index (Phi) is 4.57. The Bertz CT molecular complexity index is 588.